The summed E-state index contributed by atoms with van der Waals surface area (Å²) >= 11 is 0. The highest BCUT2D eigenvalue weighted by molar-refractivity contribution is 6.24. The van der Waals surface area contributed by atoms with E-state index in [-0.39, 0.29) is 0 Å². The van der Waals surface area contributed by atoms with Crippen molar-refractivity contribution in [1.29, 1.82) is 0 Å². The third-order valence-corrected chi connectivity index (χ3v) is 1.02. The van der Waals surface area contributed by atoms with Crippen molar-refractivity contribution in [1.82, 2.24) is 0 Å². The zero-order valence-electron chi connectivity index (χ0n) is 5.32. The van der Waals surface area contributed by atoms with Crippen molar-refractivity contribution >= 4 is 9.76 Å². The van der Waals surface area contributed by atoms with Crippen LogP contribution < -0.4 is 0 Å². The van der Waals surface area contributed by atoms with Crippen LogP contribution in [-0.2, 0) is 4.43 Å². The maximum Gasteiger partial charge on any atom is 0.227 e. The molecule has 0 saturated carbocycles. The summed E-state index contributed by atoms with van der Waals surface area (Å²) in [6, 6.07) is 0. The molecule has 0 rings (SSSR count). The Morgan fingerprint density at radius 3 is 2.75 bits per heavy atom. The number of hydrogen-bond acceptors (Lipinski definition) is 1. The van der Waals surface area contributed by atoms with Crippen molar-refractivity contribution in [3.8, 4) is 11.8 Å². The molecule has 0 N–H and O–H groups in total. The van der Waals surface area contributed by atoms with E-state index >= 15 is 0 Å². The second-order valence-corrected chi connectivity index (χ2v) is 1.90. The van der Waals surface area contributed by atoms with Crippen molar-refractivity contribution in [2.75, 3.05) is 6.61 Å². The zero-order valence-corrected chi connectivity index (χ0v) is 6.32. The molecule has 0 spiro atoms. The topological polar surface area (TPSA) is 9.23 Å². The van der Waals surface area contributed by atoms with Gasteiger partial charge in [-0.1, -0.05) is 12.8 Å². The lowest BCUT2D eigenvalue weighted by Crippen LogP contribution is -1.91. The van der Waals surface area contributed by atoms with Crippen LogP contribution in [0.15, 0.2) is 0 Å². The van der Waals surface area contributed by atoms with Crippen LogP contribution in [0.5, 0.6) is 0 Å². The highest BCUT2D eigenvalue weighted by atomic mass is 28.2. The second-order valence-electron chi connectivity index (χ2n) is 1.20. The first-order valence-corrected chi connectivity index (χ1v) is 4.07. The molecule has 0 atom stereocenters. The standard InChI is InChI=1S/C6H10OSi/c1-3-4-5-6-7-8-2/h3,6H2,1-2H3. The van der Waals surface area contributed by atoms with Gasteiger partial charge in [0.25, 0.3) is 0 Å². The maximum atomic E-state index is 4.99. The predicted molar refractivity (Wildman–Crippen MR) is 35.6 cm³/mol. The third-order valence-electron chi connectivity index (χ3n) is 0.590. The van der Waals surface area contributed by atoms with Crippen LogP contribution in [0.3, 0.4) is 0 Å². The first-order valence-electron chi connectivity index (χ1n) is 2.66. The van der Waals surface area contributed by atoms with Gasteiger partial charge in [-0.15, -0.1) is 5.92 Å². The van der Waals surface area contributed by atoms with Gasteiger partial charge >= 0.3 is 0 Å². The average Bonchev–Trinajstić information content (AvgIpc) is 1.81. The lowest BCUT2D eigenvalue weighted by atomic mass is 10.5. The van der Waals surface area contributed by atoms with Gasteiger partial charge in [-0.05, 0) is 6.55 Å². The molecule has 0 fully saturated rings. The molecule has 0 aliphatic carbocycles. The van der Waals surface area contributed by atoms with E-state index in [9.17, 15) is 0 Å². The first kappa shape index (κ1) is 7.74. The predicted octanol–water partition coefficient (Wildman–Crippen LogP) is 1.08. The number of hydrogen-bond donors (Lipinski definition) is 0. The van der Waals surface area contributed by atoms with E-state index in [1.165, 1.54) is 0 Å². The molecule has 0 amide bonds. The minimum atomic E-state index is 0.567. The highest BCUT2D eigenvalue weighted by Crippen LogP contribution is 1.69. The Morgan fingerprint density at radius 2 is 2.25 bits per heavy atom. The summed E-state index contributed by atoms with van der Waals surface area (Å²) in [5, 5.41) is 0. The summed E-state index contributed by atoms with van der Waals surface area (Å²) in [4.78, 5) is 0. The van der Waals surface area contributed by atoms with Crippen molar-refractivity contribution < 1.29 is 4.43 Å². The fraction of sp³-hybridized carbons (Fsp3) is 0.667. The van der Waals surface area contributed by atoms with Gasteiger partial charge in [0.05, 0.1) is 6.61 Å². The number of rotatable bonds is 2. The Labute approximate surface area is 53.4 Å². The summed E-state index contributed by atoms with van der Waals surface area (Å²) in [6.07, 6.45) is 0.927. The molecule has 1 nitrogen and oxygen atoms in total. The molecule has 0 aliphatic heterocycles. The minimum absolute atomic E-state index is 0.567. The molecular formula is C6H10OSi. The zero-order chi connectivity index (χ0) is 6.24. The van der Waals surface area contributed by atoms with E-state index < -0.39 is 0 Å². The summed E-state index contributed by atoms with van der Waals surface area (Å²) < 4.78 is 4.99. The SMILES string of the molecule is CCC#CCO[Si]C. The highest BCUT2D eigenvalue weighted by Gasteiger charge is 1.73. The van der Waals surface area contributed by atoms with Gasteiger partial charge in [-0.3, -0.25) is 0 Å². The van der Waals surface area contributed by atoms with Crippen LogP contribution in [-0.4, -0.2) is 16.4 Å². The van der Waals surface area contributed by atoms with Crippen molar-refractivity contribution in [2.45, 2.75) is 19.9 Å². The van der Waals surface area contributed by atoms with Crippen LogP contribution >= 0.6 is 0 Å². The molecule has 0 heterocycles. The molecule has 0 aromatic carbocycles. The van der Waals surface area contributed by atoms with Gasteiger partial charge in [0, 0.05) is 6.42 Å². The molecule has 2 radical (unpaired) electrons. The summed E-state index contributed by atoms with van der Waals surface area (Å²) in [5.74, 6) is 5.78. The molecule has 0 aliphatic rings. The van der Waals surface area contributed by atoms with Gasteiger partial charge in [-0.2, -0.15) is 0 Å². The molecule has 0 aromatic heterocycles. The molecule has 8 heavy (non-hydrogen) atoms. The van der Waals surface area contributed by atoms with Gasteiger partial charge in [0.2, 0.25) is 9.76 Å². The Hall–Kier alpha value is -0.263. The maximum absolute atomic E-state index is 4.99. The first-order chi connectivity index (χ1) is 3.91. The van der Waals surface area contributed by atoms with Gasteiger partial charge < -0.3 is 4.43 Å². The molecule has 0 unspecified atom stereocenters. The fourth-order valence-electron chi connectivity index (χ4n) is 0.284. The molecule has 0 saturated heterocycles. The van der Waals surface area contributed by atoms with Gasteiger partial charge in [0.15, 0.2) is 0 Å². The smallest absolute Gasteiger partial charge is 0.227 e. The van der Waals surface area contributed by atoms with Crippen LogP contribution in [0, 0.1) is 11.8 Å². The van der Waals surface area contributed by atoms with Crippen LogP contribution in [0.1, 0.15) is 13.3 Å². The summed E-state index contributed by atoms with van der Waals surface area (Å²) in [5.41, 5.74) is 0. The molecular weight excluding hydrogens is 116 g/mol. The summed E-state index contributed by atoms with van der Waals surface area (Å²) in [6.45, 7) is 4.62. The van der Waals surface area contributed by atoms with E-state index in [1.54, 1.807) is 0 Å². The second kappa shape index (κ2) is 6.74. The lowest BCUT2D eigenvalue weighted by molar-refractivity contribution is 0.397. The molecule has 0 bridgehead atoms. The molecule has 44 valence electrons. The minimum Gasteiger partial charge on any atom is -0.407 e. The van der Waals surface area contributed by atoms with Crippen LogP contribution in [0.25, 0.3) is 0 Å². The van der Waals surface area contributed by atoms with Crippen molar-refractivity contribution in [3.63, 3.8) is 0 Å². The van der Waals surface area contributed by atoms with E-state index in [0.717, 1.165) is 6.42 Å². The monoisotopic (exact) mass is 126 g/mol. The van der Waals surface area contributed by atoms with E-state index in [1.807, 2.05) is 13.5 Å². The van der Waals surface area contributed by atoms with Gasteiger partial charge in [-0.25, -0.2) is 0 Å². The van der Waals surface area contributed by atoms with E-state index in [4.69, 9.17) is 4.43 Å². The largest absolute Gasteiger partial charge is 0.407 e. The lowest BCUT2D eigenvalue weighted by Gasteiger charge is -1.85. The average molecular weight is 126 g/mol. The van der Waals surface area contributed by atoms with Crippen LogP contribution in [0.2, 0.25) is 6.55 Å². The normalized spacial score (nSPS) is 7.75. The molecule has 0 aromatic rings. The summed E-state index contributed by atoms with van der Waals surface area (Å²) in [7, 11) is 0.567. The Bertz CT molecular complexity index is 90.4. The quantitative estimate of drug-likeness (QED) is 0.306. The Morgan fingerprint density at radius 1 is 1.50 bits per heavy atom. The Balaban J connectivity index is 2.90. The van der Waals surface area contributed by atoms with Crippen LogP contribution in [0.4, 0.5) is 0 Å². The van der Waals surface area contributed by atoms with Crippen molar-refractivity contribution in [3.05, 3.63) is 0 Å². The van der Waals surface area contributed by atoms with Crippen molar-refractivity contribution in [2.24, 2.45) is 0 Å². The van der Waals surface area contributed by atoms with E-state index in [0.29, 0.717) is 16.4 Å². The molecule has 2 heteroatoms. The Kier molecular flexibility index (Phi) is 6.52. The van der Waals surface area contributed by atoms with E-state index in [2.05, 4.69) is 11.8 Å². The fourth-order valence-corrected chi connectivity index (χ4v) is 0.501. The third kappa shape index (κ3) is 5.74. The van der Waals surface area contributed by atoms with Gasteiger partial charge in [0.1, 0.15) is 0 Å².